The van der Waals surface area contributed by atoms with Crippen LogP contribution in [0, 0.1) is 6.92 Å². The first-order valence-electron chi connectivity index (χ1n) is 12.2. The molecule has 1 saturated carbocycles. The first-order chi connectivity index (χ1) is 17.5. The van der Waals surface area contributed by atoms with E-state index in [1.807, 2.05) is 23.3 Å². The summed E-state index contributed by atoms with van der Waals surface area (Å²) in [6, 6.07) is 10.8. The first kappa shape index (κ1) is 24.5. The molecule has 0 atom stereocenters. The Kier molecular flexibility index (Phi) is 7.12. The summed E-state index contributed by atoms with van der Waals surface area (Å²) >= 11 is 7.88. The van der Waals surface area contributed by atoms with Crippen molar-refractivity contribution in [3.63, 3.8) is 0 Å². The standard InChI is InChI=1S/C28H28ClN3O3S/c1-17-20(16-24(33)32(28-30-14-15-36-28)18-8-4-3-5-9-18)25-22(31-17)12-13-23(35-2)26(25)27(34)19-10-6-7-11-21(19)29/h6-7,10-15,18,31H,3-5,8-9,16H2,1-2H3. The number of nitrogens with one attached hydrogen (secondary N) is 1. The topological polar surface area (TPSA) is 75.3 Å². The van der Waals surface area contributed by atoms with Crippen molar-refractivity contribution in [3.05, 3.63) is 75.4 Å². The summed E-state index contributed by atoms with van der Waals surface area (Å²) in [6.07, 6.45) is 7.26. The van der Waals surface area contributed by atoms with Crippen LogP contribution in [0.1, 0.15) is 59.3 Å². The minimum Gasteiger partial charge on any atom is -0.496 e. The van der Waals surface area contributed by atoms with Crippen LogP contribution in [0.3, 0.4) is 0 Å². The summed E-state index contributed by atoms with van der Waals surface area (Å²) in [5.74, 6) is 0.198. The first-order valence-corrected chi connectivity index (χ1v) is 13.4. The SMILES string of the molecule is COc1ccc2[nH]c(C)c(CC(=O)N(c3nccs3)C3CCCCC3)c2c1C(=O)c1ccccc1Cl. The highest BCUT2D eigenvalue weighted by atomic mass is 35.5. The lowest BCUT2D eigenvalue weighted by molar-refractivity contribution is -0.118. The maximum absolute atomic E-state index is 13.9. The number of thiazole rings is 1. The molecule has 0 saturated heterocycles. The third-order valence-corrected chi connectivity index (χ3v) is 8.07. The van der Waals surface area contributed by atoms with Crippen molar-refractivity contribution < 1.29 is 14.3 Å². The number of hydrogen-bond donors (Lipinski definition) is 1. The number of nitrogens with zero attached hydrogens (tertiary/aromatic N) is 2. The Morgan fingerprint density at radius 1 is 1.17 bits per heavy atom. The van der Waals surface area contributed by atoms with E-state index in [0.717, 1.165) is 47.6 Å². The van der Waals surface area contributed by atoms with Gasteiger partial charge in [-0.15, -0.1) is 11.3 Å². The molecule has 36 heavy (non-hydrogen) atoms. The molecule has 1 N–H and O–H groups in total. The van der Waals surface area contributed by atoms with Gasteiger partial charge in [-0.05, 0) is 49.6 Å². The van der Waals surface area contributed by atoms with Crippen LogP contribution in [0.5, 0.6) is 5.75 Å². The highest BCUT2D eigenvalue weighted by molar-refractivity contribution is 7.13. The number of benzene rings is 2. The number of anilines is 1. The number of H-pyrrole nitrogens is 1. The number of methoxy groups -OCH3 is 1. The zero-order chi connectivity index (χ0) is 25.2. The van der Waals surface area contributed by atoms with Crippen LogP contribution in [0.4, 0.5) is 5.13 Å². The van der Waals surface area contributed by atoms with Gasteiger partial charge in [0.25, 0.3) is 0 Å². The molecule has 0 unspecified atom stereocenters. The van der Waals surface area contributed by atoms with Crippen molar-refractivity contribution >= 4 is 50.7 Å². The zero-order valence-electron chi connectivity index (χ0n) is 20.3. The molecule has 0 bridgehead atoms. The summed E-state index contributed by atoms with van der Waals surface area (Å²) < 4.78 is 5.63. The maximum Gasteiger partial charge on any atom is 0.233 e. The van der Waals surface area contributed by atoms with Gasteiger partial charge in [0.05, 0.1) is 24.1 Å². The Morgan fingerprint density at radius 3 is 2.64 bits per heavy atom. The van der Waals surface area contributed by atoms with Gasteiger partial charge in [-0.3, -0.25) is 14.5 Å². The molecule has 6 nitrogen and oxygen atoms in total. The number of carbonyl (C=O) groups is 2. The Hall–Kier alpha value is -3.16. The smallest absolute Gasteiger partial charge is 0.233 e. The molecule has 186 valence electrons. The van der Waals surface area contributed by atoms with Crippen LogP contribution in [-0.2, 0) is 11.2 Å². The third kappa shape index (κ3) is 4.53. The number of hydrogen-bond acceptors (Lipinski definition) is 5. The maximum atomic E-state index is 13.9. The van der Waals surface area contributed by atoms with Gasteiger partial charge in [0.1, 0.15) is 5.75 Å². The van der Waals surface area contributed by atoms with Crippen molar-refractivity contribution in [2.75, 3.05) is 12.0 Å². The molecule has 1 amide bonds. The van der Waals surface area contributed by atoms with E-state index >= 15 is 0 Å². The number of carbonyl (C=O) groups excluding carboxylic acids is 2. The van der Waals surface area contributed by atoms with Crippen LogP contribution < -0.4 is 9.64 Å². The van der Waals surface area contributed by atoms with Gasteiger partial charge in [-0.25, -0.2) is 4.98 Å². The molecule has 1 fully saturated rings. The number of fused-ring (bicyclic) bond motifs is 1. The van der Waals surface area contributed by atoms with E-state index in [-0.39, 0.29) is 24.2 Å². The molecular weight excluding hydrogens is 494 g/mol. The summed E-state index contributed by atoms with van der Waals surface area (Å²) in [4.78, 5) is 37.4. The monoisotopic (exact) mass is 521 g/mol. The number of ketones is 1. The molecule has 4 aromatic rings. The molecule has 5 rings (SSSR count). The second kappa shape index (κ2) is 10.4. The Morgan fingerprint density at radius 2 is 1.94 bits per heavy atom. The van der Waals surface area contributed by atoms with E-state index in [2.05, 4.69) is 9.97 Å². The lowest BCUT2D eigenvalue weighted by Gasteiger charge is -2.32. The quantitative estimate of drug-likeness (QED) is 0.273. The minimum absolute atomic E-state index is 0.0141. The number of rotatable bonds is 7. The van der Waals surface area contributed by atoms with E-state index in [0.29, 0.717) is 27.3 Å². The zero-order valence-corrected chi connectivity index (χ0v) is 21.9. The molecule has 1 aliphatic carbocycles. The summed E-state index contributed by atoms with van der Waals surface area (Å²) in [6.45, 7) is 1.94. The van der Waals surface area contributed by atoms with Gasteiger partial charge in [-0.2, -0.15) is 0 Å². The molecule has 2 aromatic heterocycles. The van der Waals surface area contributed by atoms with Crippen LogP contribution in [0.2, 0.25) is 5.02 Å². The molecule has 0 spiro atoms. The molecule has 0 aliphatic heterocycles. The minimum atomic E-state index is -0.236. The molecule has 8 heteroatoms. The number of aromatic nitrogens is 2. The van der Waals surface area contributed by atoms with Crippen molar-refractivity contribution in [3.8, 4) is 5.75 Å². The van der Waals surface area contributed by atoms with Crippen LogP contribution in [-0.4, -0.2) is 34.8 Å². The largest absolute Gasteiger partial charge is 0.496 e. The van der Waals surface area contributed by atoms with Crippen LogP contribution in [0.15, 0.2) is 48.0 Å². The number of aryl methyl sites for hydroxylation is 1. The van der Waals surface area contributed by atoms with E-state index in [9.17, 15) is 9.59 Å². The summed E-state index contributed by atoms with van der Waals surface area (Å²) in [5, 5.41) is 3.71. The number of ether oxygens (including phenoxy) is 1. The highest BCUT2D eigenvalue weighted by Gasteiger charge is 2.31. The Bertz CT molecular complexity index is 1410. The highest BCUT2D eigenvalue weighted by Crippen LogP contribution is 2.36. The Labute approximate surface area is 219 Å². The predicted molar refractivity (Wildman–Crippen MR) is 145 cm³/mol. The van der Waals surface area contributed by atoms with Gasteiger partial charge in [0.2, 0.25) is 5.91 Å². The molecule has 2 aromatic carbocycles. The third-order valence-electron chi connectivity index (χ3n) is 6.97. The Balaban J connectivity index is 1.60. The number of halogens is 1. The fraction of sp³-hybridized carbons (Fsp3) is 0.321. The lowest BCUT2D eigenvalue weighted by atomic mass is 9.93. The number of aromatic amines is 1. The van der Waals surface area contributed by atoms with Gasteiger partial charge >= 0.3 is 0 Å². The van der Waals surface area contributed by atoms with Crippen molar-refractivity contribution in [1.82, 2.24) is 9.97 Å². The average molecular weight is 522 g/mol. The normalized spacial score (nSPS) is 14.2. The van der Waals surface area contributed by atoms with E-state index in [1.165, 1.54) is 17.8 Å². The summed E-state index contributed by atoms with van der Waals surface area (Å²) in [5.41, 5.74) is 3.23. The van der Waals surface area contributed by atoms with Crippen molar-refractivity contribution in [2.24, 2.45) is 0 Å². The molecule has 2 heterocycles. The molecule has 0 radical (unpaired) electrons. The van der Waals surface area contributed by atoms with Gasteiger partial charge < -0.3 is 9.72 Å². The second-order valence-electron chi connectivity index (χ2n) is 9.15. The van der Waals surface area contributed by atoms with Gasteiger partial charge in [0.15, 0.2) is 10.9 Å². The molecule has 1 aliphatic rings. The molecular formula is C28H28ClN3O3S. The van der Waals surface area contributed by atoms with Gasteiger partial charge in [-0.1, -0.05) is 43.0 Å². The number of amides is 1. The summed E-state index contributed by atoms with van der Waals surface area (Å²) in [7, 11) is 1.54. The lowest BCUT2D eigenvalue weighted by Crippen LogP contribution is -2.42. The van der Waals surface area contributed by atoms with Crippen LogP contribution in [0.25, 0.3) is 10.9 Å². The average Bonchev–Trinajstić information content (AvgIpc) is 3.52. The fourth-order valence-electron chi connectivity index (χ4n) is 5.24. The van der Waals surface area contributed by atoms with E-state index < -0.39 is 0 Å². The van der Waals surface area contributed by atoms with Gasteiger partial charge in [0, 0.05) is 39.8 Å². The van der Waals surface area contributed by atoms with E-state index in [4.69, 9.17) is 16.3 Å². The van der Waals surface area contributed by atoms with Crippen molar-refractivity contribution in [2.45, 2.75) is 51.5 Å². The second-order valence-corrected chi connectivity index (χ2v) is 10.4. The fourth-order valence-corrected chi connectivity index (χ4v) is 6.19. The van der Waals surface area contributed by atoms with Crippen molar-refractivity contribution in [1.29, 1.82) is 0 Å². The van der Waals surface area contributed by atoms with Crippen LogP contribution >= 0.6 is 22.9 Å². The van der Waals surface area contributed by atoms with E-state index in [1.54, 1.807) is 43.6 Å². The predicted octanol–water partition coefficient (Wildman–Crippen LogP) is 6.73.